The van der Waals surface area contributed by atoms with E-state index in [0.717, 1.165) is 10.5 Å². The number of carbonyl (C=O) groups excluding carboxylic acids is 1. The van der Waals surface area contributed by atoms with Gasteiger partial charge in [0.15, 0.2) is 12.7 Å². The highest BCUT2D eigenvalue weighted by atomic mass is 19.4. The third kappa shape index (κ3) is 11.3. The number of nitrogens with zero attached hydrogens (tertiary/aromatic N) is 1. The van der Waals surface area contributed by atoms with Gasteiger partial charge in [0.25, 0.3) is 0 Å². The Hall–Kier alpha value is -3.47. The summed E-state index contributed by atoms with van der Waals surface area (Å²) in [6, 6.07) is 15.7. The average molecular weight is 514 g/mol. The number of para-hydroxylation sites is 1. The number of ether oxygens (including phenoxy) is 4. The third-order valence-corrected chi connectivity index (χ3v) is 4.82. The first kappa shape index (κ1) is 28.8. The van der Waals surface area contributed by atoms with Crippen LogP contribution < -0.4 is 9.47 Å². The molecule has 1 N–H and O–H groups in total. The first-order valence-corrected chi connectivity index (χ1v) is 11.4. The minimum Gasteiger partial charge on any atom is -0.494 e. The van der Waals surface area contributed by atoms with Crippen molar-refractivity contribution < 1.29 is 46.8 Å². The van der Waals surface area contributed by atoms with Crippen LogP contribution in [0.25, 0.3) is 0 Å². The molecule has 0 aliphatic rings. The molecule has 1 unspecified atom stereocenters. The van der Waals surface area contributed by atoms with Crippen molar-refractivity contribution in [2.24, 2.45) is 0 Å². The summed E-state index contributed by atoms with van der Waals surface area (Å²) in [7, 11) is 0. The van der Waals surface area contributed by atoms with Crippen LogP contribution in [-0.4, -0.2) is 73.9 Å². The molecule has 0 bridgehead atoms. The molecule has 0 aliphatic heterocycles. The van der Waals surface area contributed by atoms with Crippen molar-refractivity contribution in [3.05, 3.63) is 60.2 Å². The Morgan fingerprint density at radius 2 is 1.58 bits per heavy atom. The van der Waals surface area contributed by atoms with Crippen LogP contribution in [0.5, 0.6) is 11.5 Å². The maximum absolute atomic E-state index is 12.5. The summed E-state index contributed by atoms with van der Waals surface area (Å²) in [5, 5.41) is 9.19. The van der Waals surface area contributed by atoms with E-state index in [0.29, 0.717) is 17.9 Å². The minimum absolute atomic E-state index is 0.00475. The van der Waals surface area contributed by atoms with Gasteiger partial charge in [-0.15, -0.1) is 0 Å². The fourth-order valence-corrected chi connectivity index (χ4v) is 3.12. The molecule has 198 valence electrons. The Balaban J connectivity index is 1.86. The molecule has 2 aromatic rings. The molecule has 2 aromatic carbocycles. The number of amides is 1. The van der Waals surface area contributed by atoms with E-state index in [1.165, 1.54) is 0 Å². The van der Waals surface area contributed by atoms with Crippen molar-refractivity contribution in [3.63, 3.8) is 0 Å². The second-order valence-electron chi connectivity index (χ2n) is 7.65. The maximum atomic E-state index is 12.5. The summed E-state index contributed by atoms with van der Waals surface area (Å²) < 4.78 is 58.1. The highest BCUT2D eigenvalue weighted by molar-refractivity contribution is 5.72. The Kier molecular flexibility index (Phi) is 11.8. The number of hydrogen-bond donors (Lipinski definition) is 1. The van der Waals surface area contributed by atoms with Crippen LogP contribution in [0.2, 0.25) is 0 Å². The molecule has 0 aromatic heterocycles. The lowest BCUT2D eigenvalue weighted by atomic mass is 10.1. The summed E-state index contributed by atoms with van der Waals surface area (Å²) in [5.74, 6) is 0.0494. The third-order valence-electron chi connectivity index (χ3n) is 4.82. The van der Waals surface area contributed by atoms with E-state index in [2.05, 4.69) is 4.74 Å². The monoisotopic (exact) mass is 513 g/mol. The van der Waals surface area contributed by atoms with Crippen molar-refractivity contribution in [1.29, 1.82) is 0 Å². The van der Waals surface area contributed by atoms with Gasteiger partial charge in [-0.25, -0.2) is 9.59 Å². The second-order valence-corrected chi connectivity index (χ2v) is 7.65. The van der Waals surface area contributed by atoms with E-state index in [9.17, 15) is 27.9 Å². The quantitative estimate of drug-likeness (QED) is 0.349. The van der Waals surface area contributed by atoms with Gasteiger partial charge in [0.05, 0.1) is 13.2 Å². The lowest BCUT2D eigenvalue weighted by molar-refractivity contribution is -0.162. The van der Waals surface area contributed by atoms with Crippen molar-refractivity contribution >= 4 is 12.1 Å². The smallest absolute Gasteiger partial charge is 0.422 e. The molecular weight excluding hydrogens is 483 g/mol. The van der Waals surface area contributed by atoms with Crippen LogP contribution in [0.4, 0.5) is 18.0 Å². The lowest BCUT2D eigenvalue weighted by Crippen LogP contribution is -2.38. The molecule has 11 heteroatoms. The second kappa shape index (κ2) is 14.8. The SMILES string of the molecule is CCOC(Cc1ccc(OCCN(CCCOc2ccccc2)C(=O)OCC(F)(F)F)cc1)C(=O)O. The summed E-state index contributed by atoms with van der Waals surface area (Å²) in [6.07, 6.45) is -6.12. The van der Waals surface area contributed by atoms with Crippen LogP contribution in [-0.2, 0) is 20.7 Å². The fraction of sp³-hybridized carbons (Fsp3) is 0.440. The fourth-order valence-electron chi connectivity index (χ4n) is 3.12. The zero-order valence-corrected chi connectivity index (χ0v) is 19.9. The maximum Gasteiger partial charge on any atom is 0.422 e. The van der Waals surface area contributed by atoms with Gasteiger partial charge in [0.2, 0.25) is 0 Å². The van der Waals surface area contributed by atoms with Gasteiger partial charge in [-0.3, -0.25) is 0 Å². The van der Waals surface area contributed by atoms with Crippen molar-refractivity contribution in [1.82, 2.24) is 4.90 Å². The molecule has 0 saturated heterocycles. The predicted molar refractivity (Wildman–Crippen MR) is 124 cm³/mol. The number of carboxylic acid groups (broad SMARTS) is 1. The van der Waals surface area contributed by atoms with Gasteiger partial charge in [-0.2, -0.15) is 13.2 Å². The minimum atomic E-state index is -4.63. The van der Waals surface area contributed by atoms with Gasteiger partial charge in [0, 0.05) is 19.6 Å². The van der Waals surface area contributed by atoms with E-state index in [-0.39, 0.29) is 39.3 Å². The van der Waals surface area contributed by atoms with Gasteiger partial charge >= 0.3 is 18.2 Å². The zero-order valence-electron chi connectivity index (χ0n) is 19.9. The van der Waals surface area contributed by atoms with Crippen LogP contribution in [0.1, 0.15) is 18.9 Å². The standard InChI is InChI=1S/C25H30F3NO7/c1-2-33-22(23(30)31)17-19-9-11-21(12-10-19)35-16-14-29(24(32)36-18-25(26,27)28)13-6-15-34-20-7-4-3-5-8-20/h3-5,7-12,22H,2,6,13-18H2,1H3,(H,30,31). The summed E-state index contributed by atoms with van der Waals surface area (Å²) in [4.78, 5) is 24.6. The molecule has 0 fully saturated rings. The number of alkyl halides is 3. The van der Waals surface area contributed by atoms with Gasteiger partial charge in [-0.1, -0.05) is 30.3 Å². The number of benzene rings is 2. The van der Waals surface area contributed by atoms with E-state index >= 15 is 0 Å². The highest BCUT2D eigenvalue weighted by Crippen LogP contribution is 2.17. The van der Waals surface area contributed by atoms with Crippen LogP contribution in [0.3, 0.4) is 0 Å². The molecule has 0 saturated carbocycles. The predicted octanol–water partition coefficient (Wildman–Crippen LogP) is 4.57. The van der Waals surface area contributed by atoms with E-state index in [4.69, 9.17) is 14.2 Å². The Labute approximate surface area is 207 Å². The molecule has 8 nitrogen and oxygen atoms in total. The Morgan fingerprint density at radius 3 is 2.19 bits per heavy atom. The molecular formula is C25H30F3NO7. The average Bonchev–Trinajstić information content (AvgIpc) is 2.84. The number of aliphatic carboxylic acids is 1. The van der Waals surface area contributed by atoms with Crippen molar-refractivity contribution in [2.45, 2.75) is 32.0 Å². The van der Waals surface area contributed by atoms with Gasteiger partial charge in [0.1, 0.15) is 18.1 Å². The molecule has 0 radical (unpaired) electrons. The molecule has 0 spiro atoms. The molecule has 0 heterocycles. The van der Waals surface area contributed by atoms with E-state index in [1.54, 1.807) is 43.3 Å². The van der Waals surface area contributed by atoms with Crippen molar-refractivity contribution in [2.75, 3.05) is 39.5 Å². The topological polar surface area (TPSA) is 94.5 Å². The van der Waals surface area contributed by atoms with E-state index in [1.807, 2.05) is 18.2 Å². The lowest BCUT2D eigenvalue weighted by Gasteiger charge is -2.22. The normalized spacial score (nSPS) is 12.0. The van der Waals surface area contributed by atoms with E-state index < -0.39 is 30.9 Å². The molecule has 1 amide bonds. The molecule has 36 heavy (non-hydrogen) atoms. The number of carbonyl (C=O) groups is 2. The van der Waals surface area contributed by atoms with Crippen LogP contribution in [0.15, 0.2) is 54.6 Å². The Bertz CT molecular complexity index is 924. The first-order chi connectivity index (χ1) is 17.2. The Morgan fingerprint density at radius 1 is 0.944 bits per heavy atom. The molecule has 2 rings (SSSR count). The van der Waals surface area contributed by atoms with Crippen molar-refractivity contribution in [3.8, 4) is 11.5 Å². The summed E-state index contributed by atoms with van der Waals surface area (Å²) in [5.41, 5.74) is 0.735. The van der Waals surface area contributed by atoms with Crippen LogP contribution in [0, 0.1) is 0 Å². The molecule has 0 aliphatic carbocycles. The van der Waals surface area contributed by atoms with Gasteiger partial charge < -0.3 is 29.0 Å². The number of rotatable bonds is 15. The number of hydrogen-bond acceptors (Lipinski definition) is 6. The van der Waals surface area contributed by atoms with Crippen LogP contribution >= 0.6 is 0 Å². The molecule has 1 atom stereocenters. The summed E-state index contributed by atoms with van der Waals surface area (Å²) >= 11 is 0. The van der Waals surface area contributed by atoms with Gasteiger partial charge in [-0.05, 0) is 43.2 Å². The first-order valence-electron chi connectivity index (χ1n) is 11.4. The highest BCUT2D eigenvalue weighted by Gasteiger charge is 2.30. The largest absolute Gasteiger partial charge is 0.494 e. The number of halogens is 3. The summed E-state index contributed by atoms with van der Waals surface area (Å²) in [6.45, 7) is 0.689. The zero-order chi connectivity index (χ0) is 26.4. The number of carboxylic acids is 1.